The molecule has 4 rings (SSSR count). The van der Waals surface area contributed by atoms with E-state index in [4.69, 9.17) is 9.47 Å². The summed E-state index contributed by atoms with van der Waals surface area (Å²) in [6.07, 6.45) is 1.99. The van der Waals surface area contributed by atoms with Gasteiger partial charge in [-0.05, 0) is 49.6 Å². The lowest BCUT2D eigenvalue weighted by Gasteiger charge is -2.39. The van der Waals surface area contributed by atoms with Crippen LogP contribution in [-0.2, 0) is 23.9 Å². The quantitative estimate of drug-likeness (QED) is 0.392. The molecule has 0 saturated heterocycles. The third kappa shape index (κ3) is 4.49. The van der Waals surface area contributed by atoms with E-state index in [0.717, 1.165) is 27.6 Å². The first-order chi connectivity index (χ1) is 16.5. The lowest BCUT2D eigenvalue weighted by molar-refractivity contribution is -0.152. The van der Waals surface area contributed by atoms with E-state index < -0.39 is 23.8 Å². The number of hydrogen-bond acceptors (Lipinski definition) is 8. The second-order valence-corrected chi connectivity index (χ2v) is 10.2. The smallest absolute Gasteiger partial charge is 0.336 e. The van der Waals surface area contributed by atoms with Crippen molar-refractivity contribution in [1.29, 1.82) is 0 Å². The Hall–Kier alpha value is -2.71. The molecular weight excluding hydrogens is 470 g/mol. The van der Waals surface area contributed by atoms with E-state index in [1.165, 1.54) is 22.7 Å². The molecule has 0 amide bonds. The Morgan fingerprint density at radius 2 is 1.71 bits per heavy atom. The van der Waals surface area contributed by atoms with Gasteiger partial charge >= 0.3 is 11.9 Å². The van der Waals surface area contributed by atoms with Crippen LogP contribution in [0.15, 0.2) is 57.6 Å². The first-order valence-electron chi connectivity index (χ1n) is 11.7. The Balaban J connectivity index is 1.88. The number of nitrogens with one attached hydrogen (secondary N) is 1. The Morgan fingerprint density at radius 1 is 1.03 bits per heavy atom. The molecule has 34 heavy (non-hydrogen) atoms. The number of allylic oxidation sites excluding steroid dienone is 3. The summed E-state index contributed by atoms with van der Waals surface area (Å²) in [5.41, 5.74) is 2.54. The second-order valence-electron chi connectivity index (χ2n) is 8.25. The van der Waals surface area contributed by atoms with Crippen molar-refractivity contribution in [2.24, 2.45) is 5.92 Å². The number of hydrogen-bond donors (Lipinski definition) is 1. The topological polar surface area (TPSA) is 81.7 Å². The van der Waals surface area contributed by atoms with Crippen LogP contribution in [-0.4, -0.2) is 30.9 Å². The van der Waals surface area contributed by atoms with Crippen LogP contribution in [0.5, 0.6) is 0 Å². The largest absolute Gasteiger partial charge is 0.465 e. The lowest BCUT2D eigenvalue weighted by atomic mass is 9.69. The molecule has 0 aromatic carbocycles. The maximum Gasteiger partial charge on any atom is 0.336 e. The minimum absolute atomic E-state index is 0.201. The van der Waals surface area contributed by atoms with Gasteiger partial charge in [-0.1, -0.05) is 25.5 Å². The zero-order valence-electron chi connectivity index (χ0n) is 19.6. The number of ketones is 1. The van der Waals surface area contributed by atoms with E-state index >= 15 is 0 Å². The molecule has 0 spiro atoms. The van der Waals surface area contributed by atoms with E-state index in [1.807, 2.05) is 35.0 Å². The molecule has 1 aliphatic heterocycles. The van der Waals surface area contributed by atoms with Crippen molar-refractivity contribution in [3.05, 3.63) is 67.3 Å². The Kier molecular flexibility index (Phi) is 7.68. The van der Waals surface area contributed by atoms with Gasteiger partial charge in [-0.25, -0.2) is 4.79 Å². The van der Waals surface area contributed by atoms with E-state index in [0.29, 0.717) is 24.0 Å². The molecule has 3 atom stereocenters. The van der Waals surface area contributed by atoms with E-state index in [-0.39, 0.29) is 24.9 Å². The maximum atomic E-state index is 14.1. The Bertz CT molecular complexity index is 1110. The molecule has 2 aromatic heterocycles. The van der Waals surface area contributed by atoms with Crippen LogP contribution >= 0.6 is 22.7 Å². The fraction of sp³-hybridized carbons (Fsp3) is 0.423. The normalized spacial score (nSPS) is 22.3. The standard InChI is InChI=1S/C26H29NO5S2/c1-4-9-16-22(26(30)32-6-3)23(19-11-8-13-34-19)21-17(27-16)14-15(18-10-7-12-33-18)20(24(21)28)25(29)31-5-2/h7-8,10-13,15,20,23,27H,4-6,9,14H2,1-3H3/t15-,20+,23-/m0/s1. The van der Waals surface area contributed by atoms with E-state index in [1.54, 1.807) is 13.8 Å². The minimum atomic E-state index is -0.946. The zero-order chi connectivity index (χ0) is 24.2. The van der Waals surface area contributed by atoms with Crippen LogP contribution in [0.4, 0.5) is 0 Å². The van der Waals surface area contributed by atoms with Gasteiger partial charge in [0.2, 0.25) is 0 Å². The van der Waals surface area contributed by atoms with Gasteiger partial charge in [0.05, 0.1) is 24.7 Å². The molecule has 0 fully saturated rings. The molecule has 1 N–H and O–H groups in total. The van der Waals surface area contributed by atoms with Gasteiger partial charge in [-0.2, -0.15) is 0 Å². The highest BCUT2D eigenvalue weighted by atomic mass is 32.1. The molecule has 180 valence electrons. The van der Waals surface area contributed by atoms with Crippen molar-refractivity contribution < 1.29 is 23.9 Å². The molecule has 2 aromatic rings. The van der Waals surface area contributed by atoms with Crippen LogP contribution in [0.25, 0.3) is 0 Å². The Morgan fingerprint density at radius 3 is 2.29 bits per heavy atom. The number of esters is 2. The van der Waals surface area contributed by atoms with Crippen LogP contribution in [0.1, 0.15) is 61.6 Å². The average molecular weight is 500 g/mol. The predicted molar refractivity (Wildman–Crippen MR) is 133 cm³/mol. The average Bonchev–Trinajstić information content (AvgIpc) is 3.53. The molecule has 6 nitrogen and oxygen atoms in total. The summed E-state index contributed by atoms with van der Waals surface area (Å²) in [5, 5.41) is 7.34. The van der Waals surface area contributed by atoms with Crippen molar-refractivity contribution in [2.45, 2.75) is 51.9 Å². The third-order valence-electron chi connectivity index (χ3n) is 6.18. The van der Waals surface area contributed by atoms with Crippen LogP contribution in [0.3, 0.4) is 0 Å². The third-order valence-corrected chi connectivity index (χ3v) is 8.12. The molecule has 0 radical (unpaired) electrons. The monoisotopic (exact) mass is 499 g/mol. The summed E-state index contributed by atoms with van der Waals surface area (Å²) in [6.45, 7) is 6.01. The number of ether oxygens (including phenoxy) is 2. The maximum absolute atomic E-state index is 14.1. The molecule has 3 heterocycles. The van der Waals surface area contributed by atoms with Gasteiger partial charge in [-0.15, -0.1) is 22.7 Å². The fourth-order valence-corrected chi connectivity index (χ4v) is 6.57. The highest BCUT2D eigenvalue weighted by molar-refractivity contribution is 7.10. The lowest BCUT2D eigenvalue weighted by Crippen LogP contribution is -2.43. The summed E-state index contributed by atoms with van der Waals surface area (Å²) in [5.74, 6) is -3.04. The van der Waals surface area contributed by atoms with Gasteiger partial charge in [0.1, 0.15) is 5.92 Å². The molecule has 1 aliphatic carbocycles. The number of rotatable bonds is 8. The van der Waals surface area contributed by atoms with Crippen molar-refractivity contribution in [3.8, 4) is 0 Å². The van der Waals surface area contributed by atoms with Crippen LogP contribution in [0, 0.1) is 5.92 Å². The zero-order valence-corrected chi connectivity index (χ0v) is 21.2. The van der Waals surface area contributed by atoms with Crippen molar-refractivity contribution >= 4 is 40.4 Å². The predicted octanol–water partition coefficient (Wildman–Crippen LogP) is 5.30. The molecular formula is C26H29NO5S2. The molecule has 0 saturated carbocycles. The van der Waals surface area contributed by atoms with Gasteiger partial charge in [0.25, 0.3) is 0 Å². The second kappa shape index (κ2) is 10.7. The summed E-state index contributed by atoms with van der Waals surface area (Å²) >= 11 is 3.03. The minimum Gasteiger partial charge on any atom is -0.465 e. The van der Waals surface area contributed by atoms with Crippen LogP contribution < -0.4 is 5.32 Å². The molecule has 0 unspecified atom stereocenters. The Labute approximate surface area is 207 Å². The number of Topliss-reactive ketones (excluding diaryl/α,β-unsaturated/α-hetero) is 1. The summed E-state index contributed by atoms with van der Waals surface area (Å²) < 4.78 is 10.8. The highest BCUT2D eigenvalue weighted by Gasteiger charge is 2.49. The molecule has 2 aliphatic rings. The molecule has 0 bridgehead atoms. The first kappa shape index (κ1) is 24.4. The summed E-state index contributed by atoms with van der Waals surface area (Å²) in [7, 11) is 0. The van der Waals surface area contributed by atoms with Crippen molar-refractivity contribution in [3.63, 3.8) is 0 Å². The first-order valence-corrected chi connectivity index (χ1v) is 13.4. The van der Waals surface area contributed by atoms with Gasteiger partial charge < -0.3 is 14.8 Å². The van der Waals surface area contributed by atoms with Crippen molar-refractivity contribution in [1.82, 2.24) is 5.32 Å². The number of thiophene rings is 2. The summed E-state index contributed by atoms with van der Waals surface area (Å²) in [4.78, 5) is 42.3. The van der Waals surface area contributed by atoms with E-state index in [9.17, 15) is 14.4 Å². The van der Waals surface area contributed by atoms with Gasteiger partial charge in [0, 0.05) is 32.6 Å². The highest BCUT2D eigenvalue weighted by Crippen LogP contribution is 2.50. The van der Waals surface area contributed by atoms with E-state index in [2.05, 4.69) is 12.2 Å². The van der Waals surface area contributed by atoms with Crippen LogP contribution in [0.2, 0.25) is 0 Å². The number of dihydropyridines is 1. The number of carbonyl (C=O) groups excluding carboxylic acids is 3. The van der Waals surface area contributed by atoms with Gasteiger partial charge in [0.15, 0.2) is 5.78 Å². The molecule has 8 heteroatoms. The number of carbonyl (C=O) groups is 3. The van der Waals surface area contributed by atoms with Gasteiger partial charge in [-0.3, -0.25) is 9.59 Å². The SMILES string of the molecule is CCCC1=C(C(=O)OCC)[C@@H](c2cccs2)C2=C(C[C@@H](c3cccs3)[C@@H](C(=O)OCC)C2=O)N1. The van der Waals surface area contributed by atoms with Crippen molar-refractivity contribution in [2.75, 3.05) is 13.2 Å². The summed E-state index contributed by atoms with van der Waals surface area (Å²) in [6, 6.07) is 7.74. The fourth-order valence-electron chi connectivity index (χ4n) is 4.86.